The van der Waals surface area contributed by atoms with Gasteiger partial charge in [-0.3, -0.25) is 9.78 Å². The molecule has 2 heterocycles. The van der Waals surface area contributed by atoms with Crippen LogP contribution in [0, 0.1) is 0 Å². The highest BCUT2D eigenvalue weighted by Crippen LogP contribution is 2.23. The molecule has 1 N–H and O–H groups in total. The van der Waals surface area contributed by atoms with E-state index in [0.717, 1.165) is 11.4 Å². The number of amides is 1. The summed E-state index contributed by atoms with van der Waals surface area (Å²) in [5.41, 5.74) is 2.90. The monoisotopic (exact) mass is 388 g/mol. The van der Waals surface area contributed by atoms with E-state index in [0.29, 0.717) is 17.7 Å². The van der Waals surface area contributed by atoms with Crippen LogP contribution in [-0.4, -0.2) is 58.0 Å². The van der Waals surface area contributed by atoms with Crippen LogP contribution >= 0.6 is 0 Å². The second kappa shape index (κ2) is 7.56. The number of sulfone groups is 1. The summed E-state index contributed by atoms with van der Waals surface area (Å²) in [5, 5.41) is 2.86. The number of rotatable bonds is 5. The second-order valence-corrected chi connectivity index (χ2v) is 9.22. The Morgan fingerprint density at radius 2 is 1.81 bits per heavy atom. The molecule has 1 aromatic carbocycles. The highest BCUT2D eigenvalue weighted by molar-refractivity contribution is 7.91. The van der Waals surface area contributed by atoms with Crippen LogP contribution in [0.2, 0.25) is 0 Å². The van der Waals surface area contributed by atoms with Crippen molar-refractivity contribution in [3.8, 4) is 0 Å². The van der Waals surface area contributed by atoms with Crippen molar-refractivity contribution in [3.63, 3.8) is 0 Å². The number of carbonyl (C=O) groups is 1. The van der Waals surface area contributed by atoms with Crippen LogP contribution in [0.15, 0.2) is 42.7 Å². The van der Waals surface area contributed by atoms with Gasteiger partial charge in [-0.25, -0.2) is 8.42 Å². The van der Waals surface area contributed by atoms with Crippen LogP contribution in [0.25, 0.3) is 0 Å². The molecule has 0 aliphatic carbocycles. The summed E-state index contributed by atoms with van der Waals surface area (Å²) in [4.78, 5) is 20.6. The number of hydrogen-bond donors (Lipinski definition) is 1. The van der Waals surface area contributed by atoms with Crippen molar-refractivity contribution in [2.24, 2.45) is 0 Å². The molecule has 1 saturated heterocycles. The fraction of sp³-hybridized carbons (Fsp3) is 0.368. The summed E-state index contributed by atoms with van der Waals surface area (Å²) >= 11 is 0. The lowest BCUT2D eigenvalue weighted by Gasteiger charge is -2.25. The summed E-state index contributed by atoms with van der Waals surface area (Å²) in [6.07, 6.45) is 3.74. The average molecular weight is 388 g/mol. The molecule has 27 heavy (non-hydrogen) atoms. The number of nitrogens with zero attached hydrogens (tertiary/aromatic N) is 3. The molecule has 0 radical (unpaired) electrons. The van der Waals surface area contributed by atoms with E-state index in [1.165, 1.54) is 6.20 Å². The number of anilines is 3. The Hall–Kier alpha value is -2.61. The van der Waals surface area contributed by atoms with E-state index in [4.69, 9.17) is 0 Å². The van der Waals surface area contributed by atoms with E-state index < -0.39 is 9.84 Å². The Morgan fingerprint density at radius 1 is 1.11 bits per heavy atom. The molecule has 1 atom stereocenters. The highest BCUT2D eigenvalue weighted by Gasteiger charge is 2.31. The number of benzene rings is 1. The Morgan fingerprint density at radius 3 is 2.41 bits per heavy atom. The van der Waals surface area contributed by atoms with Crippen molar-refractivity contribution in [2.75, 3.05) is 47.8 Å². The van der Waals surface area contributed by atoms with Gasteiger partial charge in [0.1, 0.15) is 0 Å². The molecule has 0 saturated carbocycles. The first-order valence-electron chi connectivity index (χ1n) is 8.72. The van der Waals surface area contributed by atoms with Crippen molar-refractivity contribution in [1.82, 2.24) is 4.98 Å². The summed E-state index contributed by atoms with van der Waals surface area (Å²) < 4.78 is 23.4. The highest BCUT2D eigenvalue weighted by atomic mass is 32.2. The predicted molar refractivity (Wildman–Crippen MR) is 108 cm³/mol. The molecule has 8 heteroatoms. The van der Waals surface area contributed by atoms with E-state index in [2.05, 4.69) is 10.3 Å². The predicted octanol–water partition coefficient (Wildman–Crippen LogP) is 2.02. The van der Waals surface area contributed by atoms with Gasteiger partial charge in [0, 0.05) is 44.8 Å². The summed E-state index contributed by atoms with van der Waals surface area (Å²) in [6.45, 7) is 0. The van der Waals surface area contributed by atoms with Gasteiger partial charge in [-0.05, 0) is 36.8 Å². The van der Waals surface area contributed by atoms with Crippen molar-refractivity contribution in [3.05, 3.63) is 48.3 Å². The molecule has 144 valence electrons. The second-order valence-electron chi connectivity index (χ2n) is 7.00. The quantitative estimate of drug-likeness (QED) is 0.844. The Bertz CT molecular complexity index is 926. The summed E-state index contributed by atoms with van der Waals surface area (Å²) in [7, 11) is 2.78. The molecule has 7 nitrogen and oxygen atoms in total. The number of carbonyl (C=O) groups excluding carboxylic acids is 1. The number of pyridine rings is 1. The van der Waals surface area contributed by atoms with E-state index in [-0.39, 0.29) is 23.5 Å². The summed E-state index contributed by atoms with van der Waals surface area (Å²) in [5.74, 6) is 0.0888. The van der Waals surface area contributed by atoms with Crippen LogP contribution in [0.3, 0.4) is 0 Å². The molecule has 1 aromatic heterocycles. The smallest absolute Gasteiger partial charge is 0.257 e. The first kappa shape index (κ1) is 19.2. The van der Waals surface area contributed by atoms with Gasteiger partial charge in [0.25, 0.3) is 5.91 Å². The molecular weight excluding hydrogens is 364 g/mol. The Kier molecular flexibility index (Phi) is 5.36. The van der Waals surface area contributed by atoms with Crippen LogP contribution < -0.4 is 15.1 Å². The van der Waals surface area contributed by atoms with Gasteiger partial charge in [-0.2, -0.15) is 0 Å². The van der Waals surface area contributed by atoms with Crippen LogP contribution in [0.4, 0.5) is 17.1 Å². The van der Waals surface area contributed by atoms with E-state index in [1.807, 2.05) is 55.2 Å². The van der Waals surface area contributed by atoms with Crippen LogP contribution in [-0.2, 0) is 9.84 Å². The average Bonchev–Trinajstić information content (AvgIpc) is 3.01. The maximum Gasteiger partial charge on any atom is 0.257 e. The number of aromatic nitrogens is 1. The first-order chi connectivity index (χ1) is 12.7. The first-order valence-corrected chi connectivity index (χ1v) is 10.5. The van der Waals surface area contributed by atoms with Gasteiger partial charge in [0.15, 0.2) is 9.84 Å². The molecule has 0 spiro atoms. The SMILES string of the molecule is CN(C)c1ccc(NC(=O)c2cncc(N(C)C3CCS(=O)(=O)C3)c2)cc1. The van der Waals surface area contributed by atoms with Crippen molar-refractivity contribution >= 4 is 32.8 Å². The standard InChI is InChI=1S/C19H24N4O3S/c1-22(2)16-6-4-15(5-7-16)21-19(24)14-10-18(12-20-11-14)23(3)17-8-9-27(25,26)13-17/h4-7,10-12,17H,8-9,13H2,1-3H3,(H,21,24). The lowest BCUT2D eigenvalue weighted by atomic mass is 10.2. The molecule has 2 aromatic rings. The van der Waals surface area contributed by atoms with Gasteiger partial charge in [-0.1, -0.05) is 0 Å². The third-order valence-corrected chi connectivity index (χ3v) is 6.54. The third kappa shape index (κ3) is 4.57. The van der Waals surface area contributed by atoms with Crippen molar-refractivity contribution < 1.29 is 13.2 Å². The zero-order chi connectivity index (χ0) is 19.6. The van der Waals surface area contributed by atoms with Crippen molar-refractivity contribution in [2.45, 2.75) is 12.5 Å². The van der Waals surface area contributed by atoms with Crippen LogP contribution in [0.1, 0.15) is 16.8 Å². The third-order valence-electron chi connectivity index (χ3n) is 4.79. The Balaban J connectivity index is 1.72. The zero-order valence-electron chi connectivity index (χ0n) is 15.7. The lowest BCUT2D eigenvalue weighted by molar-refractivity contribution is 0.102. The van der Waals surface area contributed by atoms with Crippen molar-refractivity contribution in [1.29, 1.82) is 0 Å². The van der Waals surface area contributed by atoms with Gasteiger partial charge < -0.3 is 15.1 Å². The lowest BCUT2D eigenvalue weighted by Crippen LogP contribution is -2.32. The molecule has 1 unspecified atom stereocenters. The topological polar surface area (TPSA) is 82.6 Å². The molecule has 1 aliphatic rings. The Labute approximate surface area is 159 Å². The molecule has 3 rings (SSSR count). The zero-order valence-corrected chi connectivity index (χ0v) is 16.5. The summed E-state index contributed by atoms with van der Waals surface area (Å²) in [6, 6.07) is 9.20. The maximum absolute atomic E-state index is 12.6. The van der Waals surface area contributed by atoms with E-state index >= 15 is 0 Å². The fourth-order valence-electron chi connectivity index (χ4n) is 3.08. The minimum Gasteiger partial charge on any atom is -0.378 e. The molecule has 1 amide bonds. The number of nitrogens with one attached hydrogen (secondary N) is 1. The number of hydrogen-bond acceptors (Lipinski definition) is 6. The van der Waals surface area contributed by atoms with Crippen LogP contribution in [0.5, 0.6) is 0 Å². The minimum atomic E-state index is -2.97. The van der Waals surface area contributed by atoms with E-state index in [9.17, 15) is 13.2 Å². The van der Waals surface area contributed by atoms with E-state index in [1.54, 1.807) is 12.3 Å². The minimum absolute atomic E-state index is 0.0892. The molecule has 1 fully saturated rings. The van der Waals surface area contributed by atoms with Gasteiger partial charge in [0.2, 0.25) is 0 Å². The largest absolute Gasteiger partial charge is 0.378 e. The normalized spacial score (nSPS) is 18.1. The van der Waals surface area contributed by atoms with Gasteiger partial charge in [-0.15, -0.1) is 0 Å². The maximum atomic E-state index is 12.6. The van der Waals surface area contributed by atoms with Gasteiger partial charge >= 0.3 is 0 Å². The fourth-order valence-corrected chi connectivity index (χ4v) is 4.86. The molecule has 1 aliphatic heterocycles. The van der Waals surface area contributed by atoms with Gasteiger partial charge in [0.05, 0.1) is 29.0 Å². The molecular formula is C19H24N4O3S. The molecule has 0 bridgehead atoms.